The van der Waals surface area contributed by atoms with Crippen molar-refractivity contribution in [1.82, 2.24) is 10.5 Å². The molecule has 194 valence electrons. The average Bonchev–Trinajstić information content (AvgIpc) is 3.27. The summed E-state index contributed by atoms with van der Waals surface area (Å²) < 4.78 is 16.2. The Morgan fingerprint density at radius 3 is 2.22 bits per heavy atom. The molecule has 1 N–H and O–H groups in total. The Labute approximate surface area is 227 Å². The zero-order chi connectivity index (χ0) is 26.5. The molecule has 0 aliphatic carbocycles. The molecule has 0 saturated carbocycles. The fourth-order valence-electron chi connectivity index (χ4n) is 3.51. The van der Waals surface area contributed by atoms with Crippen LogP contribution in [0.15, 0.2) is 47.0 Å². The fraction of sp³-hybridized carbons (Fsp3) is 0.407. The van der Waals surface area contributed by atoms with Crippen molar-refractivity contribution in [3.05, 3.63) is 69.4 Å². The van der Waals surface area contributed by atoms with E-state index < -0.39 is 6.09 Å². The molecule has 3 rings (SSSR count). The number of hydrogen-bond acceptors (Lipinski definition) is 5. The van der Waals surface area contributed by atoms with E-state index in [9.17, 15) is 4.79 Å². The van der Waals surface area contributed by atoms with Crippen LogP contribution in [0.3, 0.4) is 0 Å². The van der Waals surface area contributed by atoms with E-state index in [1.807, 2.05) is 57.2 Å². The van der Waals surface area contributed by atoms with Gasteiger partial charge in [0.05, 0.1) is 16.7 Å². The Balaban J connectivity index is 1.71. The van der Waals surface area contributed by atoms with Gasteiger partial charge in [0.2, 0.25) is 0 Å². The zero-order valence-corrected chi connectivity index (χ0v) is 23.4. The third kappa shape index (κ3) is 7.31. The maximum Gasteiger partial charge on any atom is 0.407 e. The second-order valence-electron chi connectivity index (χ2n) is 9.99. The summed E-state index contributed by atoms with van der Waals surface area (Å²) in [6.45, 7) is 10.3. The van der Waals surface area contributed by atoms with Gasteiger partial charge in [-0.3, -0.25) is 0 Å². The summed E-state index contributed by atoms with van der Waals surface area (Å²) in [6.07, 6.45) is 0.197. The van der Waals surface area contributed by atoms with Crippen LogP contribution in [0.4, 0.5) is 4.79 Å². The minimum Gasteiger partial charge on any atom is -0.490 e. The van der Waals surface area contributed by atoms with E-state index in [0.29, 0.717) is 46.2 Å². The SMILES string of the molecule is CC(C)(C)NC(=O)OCc1cc(-c2ccc(C(C)(C)c3cc(Cl)c(OCCCCl)c(Cl)c3)cc2)no1. The quantitative estimate of drug-likeness (QED) is 0.215. The lowest BCUT2D eigenvalue weighted by Crippen LogP contribution is -2.40. The van der Waals surface area contributed by atoms with Crippen LogP contribution in [0.25, 0.3) is 11.3 Å². The van der Waals surface area contributed by atoms with E-state index in [0.717, 1.165) is 16.7 Å². The number of rotatable bonds is 9. The van der Waals surface area contributed by atoms with Gasteiger partial charge in [0.1, 0.15) is 5.69 Å². The number of alkyl halides is 1. The lowest BCUT2D eigenvalue weighted by atomic mass is 9.78. The van der Waals surface area contributed by atoms with Crippen molar-refractivity contribution in [2.24, 2.45) is 0 Å². The highest BCUT2D eigenvalue weighted by Crippen LogP contribution is 2.40. The molecule has 0 radical (unpaired) electrons. The number of carbonyl (C=O) groups excluding carboxylic acids is 1. The minimum absolute atomic E-state index is 0.00681. The van der Waals surface area contributed by atoms with Gasteiger partial charge in [-0.15, -0.1) is 11.6 Å². The Morgan fingerprint density at radius 2 is 1.64 bits per heavy atom. The lowest BCUT2D eigenvalue weighted by Gasteiger charge is -2.27. The molecular formula is C27H31Cl3N2O4. The Bertz CT molecular complexity index is 1160. The van der Waals surface area contributed by atoms with Crippen molar-refractivity contribution in [3.63, 3.8) is 0 Å². The summed E-state index contributed by atoms with van der Waals surface area (Å²) in [5, 5.41) is 7.77. The van der Waals surface area contributed by atoms with E-state index in [2.05, 4.69) is 24.3 Å². The third-order valence-electron chi connectivity index (χ3n) is 5.53. The van der Waals surface area contributed by atoms with Crippen molar-refractivity contribution in [2.45, 2.75) is 58.6 Å². The summed E-state index contributed by atoms with van der Waals surface area (Å²) in [7, 11) is 0. The highest BCUT2D eigenvalue weighted by molar-refractivity contribution is 6.37. The number of nitrogens with zero attached hydrogens (tertiary/aromatic N) is 1. The van der Waals surface area contributed by atoms with Crippen molar-refractivity contribution in [2.75, 3.05) is 12.5 Å². The molecule has 0 fully saturated rings. The number of ether oxygens (including phenoxy) is 2. The van der Waals surface area contributed by atoms with Gasteiger partial charge in [-0.2, -0.15) is 0 Å². The molecule has 36 heavy (non-hydrogen) atoms. The smallest absolute Gasteiger partial charge is 0.407 e. The molecule has 1 aromatic heterocycles. The van der Waals surface area contributed by atoms with Crippen LogP contribution in [0, 0.1) is 0 Å². The standard InChI is InChI=1S/C27H31Cl3N2O4/c1-26(2,3)31-25(33)35-16-20-15-23(32-36-20)17-7-9-18(10-8-17)27(4,5)19-13-21(29)24(22(30)14-19)34-12-6-11-28/h7-10,13-15H,6,11-12,16H2,1-5H3,(H,31,33). The van der Waals surface area contributed by atoms with E-state index in [1.165, 1.54) is 0 Å². The summed E-state index contributed by atoms with van der Waals surface area (Å²) >= 11 is 18.7. The molecule has 0 aliphatic rings. The molecule has 9 heteroatoms. The van der Waals surface area contributed by atoms with Crippen LogP contribution in [0.5, 0.6) is 5.75 Å². The molecule has 3 aromatic rings. The Hall–Kier alpha value is -2.41. The lowest BCUT2D eigenvalue weighted by molar-refractivity contribution is 0.120. The number of alkyl carbamates (subject to hydrolysis) is 1. The molecule has 0 aliphatic heterocycles. The largest absolute Gasteiger partial charge is 0.490 e. The van der Waals surface area contributed by atoms with Crippen LogP contribution in [-0.2, 0) is 16.8 Å². The molecule has 2 aromatic carbocycles. The van der Waals surface area contributed by atoms with Gasteiger partial charge < -0.3 is 19.3 Å². The third-order valence-corrected chi connectivity index (χ3v) is 6.36. The first kappa shape index (κ1) is 28.2. The van der Waals surface area contributed by atoms with Crippen molar-refractivity contribution in [1.29, 1.82) is 0 Å². The van der Waals surface area contributed by atoms with Gasteiger partial charge in [-0.25, -0.2) is 4.79 Å². The molecule has 1 amide bonds. The maximum absolute atomic E-state index is 11.9. The van der Waals surface area contributed by atoms with Crippen molar-refractivity contribution >= 4 is 40.9 Å². The Kier molecular flexibility index (Phi) is 9.20. The maximum atomic E-state index is 11.9. The van der Waals surface area contributed by atoms with E-state index in [1.54, 1.807) is 6.07 Å². The van der Waals surface area contributed by atoms with E-state index in [-0.39, 0.29) is 17.6 Å². The van der Waals surface area contributed by atoms with E-state index in [4.69, 9.17) is 48.8 Å². The van der Waals surface area contributed by atoms with Crippen molar-refractivity contribution < 1.29 is 18.8 Å². The number of hydrogen-bond donors (Lipinski definition) is 1. The highest BCUT2D eigenvalue weighted by Gasteiger charge is 2.26. The summed E-state index contributed by atoms with van der Waals surface area (Å²) in [5.74, 6) is 1.44. The van der Waals surface area contributed by atoms with Crippen molar-refractivity contribution in [3.8, 4) is 17.0 Å². The molecule has 0 saturated heterocycles. The first-order chi connectivity index (χ1) is 16.9. The first-order valence-electron chi connectivity index (χ1n) is 11.6. The predicted octanol–water partition coefficient (Wildman–Crippen LogP) is 8.01. The van der Waals surface area contributed by atoms with Gasteiger partial charge in [0.25, 0.3) is 0 Å². The second-order valence-corrected chi connectivity index (χ2v) is 11.2. The first-order valence-corrected chi connectivity index (χ1v) is 12.9. The molecule has 0 unspecified atom stereocenters. The van der Waals surface area contributed by atoms with Gasteiger partial charge in [-0.05, 0) is 50.5 Å². The second kappa shape index (κ2) is 11.8. The van der Waals surface area contributed by atoms with Gasteiger partial charge in [-0.1, -0.05) is 66.5 Å². The number of amides is 1. The minimum atomic E-state index is -0.512. The molecule has 0 atom stereocenters. The zero-order valence-electron chi connectivity index (χ0n) is 21.1. The summed E-state index contributed by atoms with van der Waals surface area (Å²) in [5.41, 5.74) is 2.81. The normalized spacial score (nSPS) is 11.9. The number of benzene rings is 2. The van der Waals surface area contributed by atoms with Crippen LogP contribution in [-0.4, -0.2) is 29.3 Å². The molecular weight excluding hydrogens is 523 g/mol. The monoisotopic (exact) mass is 552 g/mol. The number of carbonyl (C=O) groups is 1. The fourth-order valence-corrected chi connectivity index (χ4v) is 4.21. The van der Waals surface area contributed by atoms with Gasteiger partial charge in [0.15, 0.2) is 18.1 Å². The Morgan fingerprint density at radius 1 is 1.00 bits per heavy atom. The van der Waals surface area contributed by atoms with Gasteiger partial charge in [0, 0.05) is 28.5 Å². The highest BCUT2D eigenvalue weighted by atomic mass is 35.5. The molecule has 6 nitrogen and oxygen atoms in total. The molecule has 1 heterocycles. The number of halogens is 3. The van der Waals surface area contributed by atoms with Crippen LogP contribution < -0.4 is 10.1 Å². The molecule has 0 spiro atoms. The van der Waals surface area contributed by atoms with Crippen LogP contribution >= 0.6 is 34.8 Å². The van der Waals surface area contributed by atoms with E-state index >= 15 is 0 Å². The van der Waals surface area contributed by atoms with Crippen LogP contribution in [0.2, 0.25) is 10.0 Å². The number of aromatic nitrogens is 1. The number of nitrogens with one attached hydrogen (secondary N) is 1. The topological polar surface area (TPSA) is 73.6 Å². The summed E-state index contributed by atoms with van der Waals surface area (Å²) in [4.78, 5) is 11.9. The predicted molar refractivity (Wildman–Crippen MR) is 144 cm³/mol. The molecule has 0 bridgehead atoms. The average molecular weight is 554 g/mol. The van der Waals surface area contributed by atoms with Crippen LogP contribution in [0.1, 0.15) is 57.9 Å². The summed E-state index contributed by atoms with van der Waals surface area (Å²) in [6, 6.07) is 13.5. The van der Waals surface area contributed by atoms with Gasteiger partial charge >= 0.3 is 6.09 Å².